The molecule has 0 atom stereocenters. The van der Waals surface area contributed by atoms with Crippen molar-refractivity contribution in [1.29, 1.82) is 0 Å². The summed E-state index contributed by atoms with van der Waals surface area (Å²) >= 11 is 3.36. The fraction of sp³-hybridized carbons (Fsp3) is 0.158. The van der Waals surface area contributed by atoms with Gasteiger partial charge >= 0.3 is 5.97 Å². The third-order valence-corrected chi connectivity index (χ3v) is 3.79. The summed E-state index contributed by atoms with van der Waals surface area (Å²) in [5, 5.41) is 0. The van der Waals surface area contributed by atoms with Gasteiger partial charge in [0.1, 0.15) is 0 Å². The molecule has 2 rings (SSSR count). The number of hydrogen-bond donors (Lipinski definition) is 0. The maximum Gasteiger partial charge on any atom is 0.331 e. The normalized spacial score (nSPS) is 10.7. The predicted molar refractivity (Wildman–Crippen MR) is 94.4 cm³/mol. The first-order valence-electron chi connectivity index (χ1n) is 7.16. The van der Waals surface area contributed by atoms with E-state index in [4.69, 9.17) is 4.74 Å². The smallest absolute Gasteiger partial charge is 0.331 e. The number of carbonyl (C=O) groups is 2. The number of ether oxygens (including phenoxy) is 1. The molecule has 0 saturated carbocycles. The average molecular weight is 373 g/mol. The standard InChI is InChI=1S/C19H17BrO3/c1-13-6-7-14(2)17(10-13)18(21)12-23-19(22)9-8-15-4-3-5-16(20)11-15/h3-11H,12H2,1-2H3. The topological polar surface area (TPSA) is 43.4 Å². The van der Waals surface area contributed by atoms with E-state index < -0.39 is 5.97 Å². The summed E-state index contributed by atoms with van der Waals surface area (Å²) in [6, 6.07) is 13.2. The van der Waals surface area contributed by atoms with Crippen LogP contribution in [0.2, 0.25) is 0 Å². The van der Waals surface area contributed by atoms with E-state index in [1.165, 1.54) is 6.08 Å². The zero-order valence-electron chi connectivity index (χ0n) is 13.0. The van der Waals surface area contributed by atoms with Gasteiger partial charge in [0.25, 0.3) is 0 Å². The van der Waals surface area contributed by atoms with Crippen molar-refractivity contribution in [2.24, 2.45) is 0 Å². The second-order valence-corrected chi connectivity index (χ2v) is 6.15. The molecule has 0 aliphatic carbocycles. The van der Waals surface area contributed by atoms with Crippen LogP contribution in [0.4, 0.5) is 0 Å². The largest absolute Gasteiger partial charge is 0.454 e. The molecule has 0 heterocycles. The van der Waals surface area contributed by atoms with Crippen LogP contribution < -0.4 is 0 Å². The SMILES string of the molecule is Cc1ccc(C)c(C(=O)COC(=O)C=Cc2cccc(Br)c2)c1. The van der Waals surface area contributed by atoms with Crippen molar-refractivity contribution in [2.45, 2.75) is 13.8 Å². The molecule has 0 unspecified atom stereocenters. The summed E-state index contributed by atoms with van der Waals surface area (Å²) in [5.74, 6) is -0.737. The third kappa shape index (κ3) is 5.18. The highest BCUT2D eigenvalue weighted by Gasteiger charge is 2.11. The molecule has 4 heteroatoms. The fourth-order valence-corrected chi connectivity index (χ4v) is 2.49. The van der Waals surface area contributed by atoms with Gasteiger partial charge in [-0.25, -0.2) is 4.79 Å². The van der Waals surface area contributed by atoms with Crippen molar-refractivity contribution in [3.63, 3.8) is 0 Å². The molecule has 0 amide bonds. The number of carbonyl (C=O) groups excluding carboxylic acids is 2. The molecule has 0 saturated heterocycles. The zero-order chi connectivity index (χ0) is 16.8. The number of halogens is 1. The number of ketones is 1. The number of aryl methyl sites for hydroxylation is 2. The quantitative estimate of drug-likeness (QED) is 0.440. The molecule has 2 aromatic rings. The number of hydrogen-bond acceptors (Lipinski definition) is 3. The monoisotopic (exact) mass is 372 g/mol. The fourth-order valence-electron chi connectivity index (χ4n) is 2.07. The van der Waals surface area contributed by atoms with E-state index in [0.717, 1.165) is 21.2 Å². The predicted octanol–water partition coefficient (Wildman–Crippen LogP) is 4.51. The summed E-state index contributed by atoms with van der Waals surface area (Å²) in [7, 11) is 0. The van der Waals surface area contributed by atoms with Gasteiger partial charge in [-0.2, -0.15) is 0 Å². The number of Topliss-reactive ketones (excluding diaryl/α,β-unsaturated/α-hetero) is 1. The van der Waals surface area contributed by atoms with Gasteiger partial charge in [0, 0.05) is 16.1 Å². The van der Waals surface area contributed by atoms with Crippen LogP contribution in [0, 0.1) is 13.8 Å². The number of benzene rings is 2. The summed E-state index contributed by atoms with van der Waals surface area (Å²) in [6.45, 7) is 3.52. The number of rotatable bonds is 5. The molecule has 0 aromatic heterocycles. The van der Waals surface area contributed by atoms with Crippen LogP contribution in [0.25, 0.3) is 6.08 Å². The van der Waals surface area contributed by atoms with Crippen LogP contribution in [0.3, 0.4) is 0 Å². The Morgan fingerprint density at radius 1 is 1.13 bits per heavy atom. The lowest BCUT2D eigenvalue weighted by Gasteiger charge is -2.06. The first-order valence-corrected chi connectivity index (χ1v) is 7.96. The van der Waals surface area contributed by atoms with Crippen molar-refractivity contribution < 1.29 is 14.3 Å². The molecule has 0 aliphatic rings. The minimum absolute atomic E-state index is 0.199. The first-order chi connectivity index (χ1) is 11.0. The van der Waals surface area contributed by atoms with Crippen LogP contribution in [0.15, 0.2) is 53.0 Å². The minimum atomic E-state index is -0.538. The van der Waals surface area contributed by atoms with Crippen molar-refractivity contribution in [2.75, 3.05) is 6.61 Å². The molecule has 0 aliphatic heterocycles. The Bertz CT molecular complexity index is 763. The third-order valence-electron chi connectivity index (χ3n) is 3.30. The molecule has 0 N–H and O–H groups in total. The Morgan fingerprint density at radius 2 is 1.91 bits per heavy atom. The lowest BCUT2D eigenvalue weighted by molar-refractivity contribution is -0.136. The van der Waals surface area contributed by atoms with Gasteiger partial charge in [0.2, 0.25) is 5.78 Å². The van der Waals surface area contributed by atoms with Crippen LogP contribution in [0.1, 0.15) is 27.0 Å². The van der Waals surface area contributed by atoms with Gasteiger partial charge < -0.3 is 4.74 Å². The van der Waals surface area contributed by atoms with Gasteiger partial charge in [-0.3, -0.25) is 4.79 Å². The molecular formula is C19H17BrO3. The summed E-state index contributed by atoms with van der Waals surface area (Å²) in [6.07, 6.45) is 2.97. The molecular weight excluding hydrogens is 356 g/mol. The Balaban J connectivity index is 1.94. The van der Waals surface area contributed by atoms with Gasteiger partial charge in [-0.15, -0.1) is 0 Å². The molecule has 0 bridgehead atoms. The minimum Gasteiger partial charge on any atom is -0.454 e. The van der Waals surface area contributed by atoms with E-state index >= 15 is 0 Å². The maximum absolute atomic E-state index is 12.1. The Morgan fingerprint density at radius 3 is 2.65 bits per heavy atom. The Hall–Kier alpha value is -2.20. The van der Waals surface area contributed by atoms with E-state index in [1.807, 2.05) is 56.3 Å². The van der Waals surface area contributed by atoms with Crippen LogP contribution in [-0.2, 0) is 9.53 Å². The average Bonchev–Trinajstić information content (AvgIpc) is 2.53. The summed E-state index contributed by atoms with van der Waals surface area (Å²) in [5.41, 5.74) is 3.34. The van der Waals surface area contributed by atoms with Crippen molar-refractivity contribution in [3.05, 3.63) is 75.3 Å². The van der Waals surface area contributed by atoms with E-state index in [1.54, 1.807) is 6.08 Å². The zero-order valence-corrected chi connectivity index (χ0v) is 14.6. The second-order valence-electron chi connectivity index (χ2n) is 5.24. The van der Waals surface area contributed by atoms with Crippen molar-refractivity contribution >= 4 is 33.8 Å². The van der Waals surface area contributed by atoms with Crippen LogP contribution in [-0.4, -0.2) is 18.4 Å². The molecule has 0 fully saturated rings. The summed E-state index contributed by atoms with van der Waals surface area (Å²) in [4.78, 5) is 23.8. The summed E-state index contributed by atoms with van der Waals surface area (Å²) < 4.78 is 5.95. The number of esters is 1. The van der Waals surface area contributed by atoms with E-state index in [-0.39, 0.29) is 12.4 Å². The molecule has 0 spiro atoms. The van der Waals surface area contributed by atoms with E-state index in [2.05, 4.69) is 15.9 Å². The van der Waals surface area contributed by atoms with Gasteiger partial charge in [-0.05, 0) is 49.2 Å². The molecule has 3 nitrogen and oxygen atoms in total. The highest BCUT2D eigenvalue weighted by Crippen LogP contribution is 2.13. The Kier molecular flexibility index (Phi) is 5.88. The maximum atomic E-state index is 12.1. The molecule has 2 aromatic carbocycles. The highest BCUT2D eigenvalue weighted by molar-refractivity contribution is 9.10. The second kappa shape index (κ2) is 7.88. The first kappa shape index (κ1) is 17.2. The lowest BCUT2D eigenvalue weighted by Crippen LogP contribution is -2.13. The van der Waals surface area contributed by atoms with E-state index in [0.29, 0.717) is 5.56 Å². The van der Waals surface area contributed by atoms with Gasteiger partial charge in [-0.1, -0.05) is 45.8 Å². The Labute approximate surface area is 144 Å². The van der Waals surface area contributed by atoms with Gasteiger partial charge in [0.15, 0.2) is 6.61 Å². The molecule has 23 heavy (non-hydrogen) atoms. The highest BCUT2D eigenvalue weighted by atomic mass is 79.9. The molecule has 0 radical (unpaired) electrons. The van der Waals surface area contributed by atoms with Crippen LogP contribution in [0.5, 0.6) is 0 Å². The van der Waals surface area contributed by atoms with Gasteiger partial charge in [0.05, 0.1) is 0 Å². The molecule has 118 valence electrons. The van der Waals surface area contributed by atoms with Crippen molar-refractivity contribution in [1.82, 2.24) is 0 Å². The lowest BCUT2D eigenvalue weighted by atomic mass is 10.0. The van der Waals surface area contributed by atoms with Crippen LogP contribution >= 0.6 is 15.9 Å². The van der Waals surface area contributed by atoms with Crippen molar-refractivity contribution in [3.8, 4) is 0 Å². The van der Waals surface area contributed by atoms with E-state index in [9.17, 15) is 9.59 Å².